The van der Waals surface area contributed by atoms with Crippen molar-refractivity contribution in [1.82, 2.24) is 15.5 Å². The molecule has 43 heavy (non-hydrogen) atoms. The van der Waals surface area contributed by atoms with E-state index in [9.17, 15) is 5.26 Å². The van der Waals surface area contributed by atoms with Crippen molar-refractivity contribution in [1.29, 1.82) is 5.26 Å². The second-order valence-electron chi connectivity index (χ2n) is 12.1. The molecule has 2 saturated heterocycles. The van der Waals surface area contributed by atoms with E-state index in [1.54, 1.807) is 0 Å². The number of hydrogen-bond acceptors (Lipinski definition) is 8. The van der Waals surface area contributed by atoms with Crippen molar-refractivity contribution in [2.45, 2.75) is 71.9 Å². The largest absolute Gasteiger partial charge is 0.489 e. The third-order valence-electron chi connectivity index (χ3n) is 8.20. The molecule has 0 aromatic heterocycles. The van der Waals surface area contributed by atoms with Gasteiger partial charge in [-0.2, -0.15) is 5.26 Å². The van der Waals surface area contributed by atoms with E-state index in [1.165, 1.54) is 5.57 Å². The average molecular weight is 592 g/mol. The molecule has 0 aromatic carbocycles. The Balaban J connectivity index is 1.61. The van der Waals surface area contributed by atoms with E-state index in [0.29, 0.717) is 43.4 Å². The van der Waals surface area contributed by atoms with Crippen LogP contribution in [0.3, 0.4) is 0 Å². The number of nitriles is 1. The summed E-state index contributed by atoms with van der Waals surface area (Å²) in [7, 11) is 2.00. The molecule has 1 atom stereocenters. The van der Waals surface area contributed by atoms with E-state index in [-0.39, 0.29) is 11.5 Å². The minimum Gasteiger partial charge on any atom is -0.489 e. The Hall–Kier alpha value is -2.96. The zero-order valence-electron chi connectivity index (χ0n) is 27.1. The summed E-state index contributed by atoms with van der Waals surface area (Å²) in [6.07, 6.45) is 16.8. The molecule has 0 spiro atoms. The summed E-state index contributed by atoms with van der Waals surface area (Å²) < 4.78 is 17.2. The maximum absolute atomic E-state index is 9.95. The van der Waals surface area contributed by atoms with E-state index in [0.717, 1.165) is 75.6 Å². The normalized spacial score (nSPS) is 22.1. The van der Waals surface area contributed by atoms with E-state index in [2.05, 4.69) is 58.3 Å². The number of hydrogen-bond donors (Lipinski definition) is 2. The first-order chi connectivity index (χ1) is 20.8. The molecule has 8 nitrogen and oxygen atoms in total. The average Bonchev–Trinajstić information content (AvgIpc) is 2.98. The van der Waals surface area contributed by atoms with Gasteiger partial charge in [-0.1, -0.05) is 43.9 Å². The van der Waals surface area contributed by atoms with Gasteiger partial charge in [0.2, 0.25) is 0 Å². The van der Waals surface area contributed by atoms with Crippen LogP contribution in [0, 0.1) is 16.7 Å². The van der Waals surface area contributed by atoms with Crippen molar-refractivity contribution >= 4 is 6.21 Å². The Labute approximate surface area is 259 Å². The Morgan fingerprint density at radius 1 is 1.28 bits per heavy atom. The van der Waals surface area contributed by atoms with Crippen LogP contribution in [0.1, 0.15) is 59.8 Å². The van der Waals surface area contributed by atoms with E-state index in [1.807, 2.05) is 46.2 Å². The number of rotatable bonds is 17. The highest BCUT2D eigenvalue weighted by molar-refractivity contribution is 5.55. The maximum Gasteiger partial charge on any atom is 0.135 e. The summed E-state index contributed by atoms with van der Waals surface area (Å²) in [5.41, 5.74) is 3.96. The molecule has 0 bridgehead atoms. The highest BCUT2D eigenvalue weighted by Gasteiger charge is 2.28. The molecule has 1 aliphatic carbocycles. The molecule has 2 fully saturated rings. The molecule has 3 aliphatic rings. The zero-order chi connectivity index (χ0) is 31.1. The Kier molecular flexibility index (Phi) is 14.4. The van der Waals surface area contributed by atoms with Gasteiger partial charge in [-0.25, -0.2) is 4.99 Å². The monoisotopic (exact) mass is 591 g/mol. The van der Waals surface area contributed by atoms with Crippen LogP contribution >= 0.6 is 0 Å². The van der Waals surface area contributed by atoms with Gasteiger partial charge in [-0.3, -0.25) is 4.90 Å². The smallest absolute Gasteiger partial charge is 0.135 e. The van der Waals surface area contributed by atoms with Crippen molar-refractivity contribution in [3.05, 3.63) is 70.8 Å². The lowest BCUT2D eigenvalue weighted by Gasteiger charge is -2.38. The molecule has 3 rings (SSSR count). The highest BCUT2D eigenvalue weighted by Crippen LogP contribution is 2.30. The maximum atomic E-state index is 9.95. The van der Waals surface area contributed by atoms with Crippen molar-refractivity contribution in [3.63, 3.8) is 0 Å². The lowest BCUT2D eigenvalue weighted by atomic mass is 9.81. The summed E-state index contributed by atoms with van der Waals surface area (Å²) in [6, 6.07) is 2.88. The third kappa shape index (κ3) is 10.9. The fourth-order valence-electron chi connectivity index (χ4n) is 5.32. The van der Waals surface area contributed by atoms with Gasteiger partial charge in [0.25, 0.3) is 0 Å². The van der Waals surface area contributed by atoms with Crippen LogP contribution in [-0.2, 0) is 14.2 Å². The molecule has 2 heterocycles. The Bertz CT molecular complexity index is 1140. The minimum atomic E-state index is -0.0204. The summed E-state index contributed by atoms with van der Waals surface area (Å²) in [6.45, 7) is 19.0. The van der Waals surface area contributed by atoms with Gasteiger partial charge in [-0.15, -0.1) is 0 Å². The molecule has 2 aliphatic heterocycles. The first kappa shape index (κ1) is 34.5. The first-order valence-corrected chi connectivity index (χ1v) is 15.8. The molecule has 0 radical (unpaired) electrons. The van der Waals surface area contributed by atoms with Crippen LogP contribution in [0.25, 0.3) is 0 Å². The number of nitrogens with one attached hydrogen (secondary N) is 2. The van der Waals surface area contributed by atoms with Gasteiger partial charge in [0.1, 0.15) is 23.8 Å². The summed E-state index contributed by atoms with van der Waals surface area (Å²) in [5.74, 6) is 1.52. The van der Waals surface area contributed by atoms with E-state index >= 15 is 0 Å². The Morgan fingerprint density at radius 2 is 2.05 bits per heavy atom. The molecular formula is C35H53N5O3. The predicted molar refractivity (Wildman–Crippen MR) is 176 cm³/mol. The van der Waals surface area contributed by atoms with E-state index in [4.69, 9.17) is 14.2 Å². The lowest BCUT2D eigenvalue weighted by molar-refractivity contribution is -0.0610. The SMILES string of the molecule is C=C/C(CC/C=C(/C#N)C(OC1CCOCC1)=C(C)C)=C(/N=CC)NCC1(C)C=CC(CN(CCNC)C2COC2)=CC1. The van der Waals surface area contributed by atoms with Crippen molar-refractivity contribution in [2.75, 3.05) is 59.7 Å². The first-order valence-electron chi connectivity index (χ1n) is 15.8. The highest BCUT2D eigenvalue weighted by atomic mass is 16.5. The minimum absolute atomic E-state index is 0.0204. The zero-order valence-corrected chi connectivity index (χ0v) is 27.1. The summed E-state index contributed by atoms with van der Waals surface area (Å²) in [4.78, 5) is 7.19. The Morgan fingerprint density at radius 3 is 2.60 bits per heavy atom. The van der Waals surface area contributed by atoms with Gasteiger partial charge in [-0.05, 0) is 63.8 Å². The second kappa shape index (κ2) is 18.0. The predicted octanol–water partition coefficient (Wildman–Crippen LogP) is 5.60. The topological polar surface area (TPSA) is 91.1 Å². The van der Waals surface area contributed by atoms with Crippen LogP contribution < -0.4 is 10.6 Å². The van der Waals surface area contributed by atoms with Crippen molar-refractivity contribution < 1.29 is 14.2 Å². The second-order valence-corrected chi connectivity index (χ2v) is 12.1. The van der Waals surface area contributed by atoms with Gasteiger partial charge in [0, 0.05) is 50.7 Å². The molecule has 0 saturated carbocycles. The van der Waals surface area contributed by atoms with Crippen LogP contribution in [0.5, 0.6) is 0 Å². The fourth-order valence-corrected chi connectivity index (χ4v) is 5.32. The fraction of sp³-hybridized carbons (Fsp3) is 0.600. The van der Waals surface area contributed by atoms with Gasteiger partial charge < -0.3 is 24.8 Å². The number of nitrogens with zero attached hydrogens (tertiary/aromatic N) is 3. The number of likely N-dealkylation sites (N-methyl/N-ethyl adjacent to an activating group) is 1. The van der Waals surface area contributed by atoms with Gasteiger partial charge in [0.05, 0.1) is 38.0 Å². The molecule has 0 aromatic rings. The van der Waals surface area contributed by atoms with E-state index < -0.39 is 0 Å². The van der Waals surface area contributed by atoms with Gasteiger partial charge in [0.15, 0.2) is 0 Å². The van der Waals surface area contributed by atoms with Gasteiger partial charge >= 0.3 is 0 Å². The molecule has 0 amide bonds. The molecule has 8 heteroatoms. The molecule has 236 valence electrons. The third-order valence-corrected chi connectivity index (χ3v) is 8.20. The van der Waals surface area contributed by atoms with Crippen LogP contribution in [0.15, 0.2) is 75.8 Å². The number of ether oxygens (including phenoxy) is 3. The molecule has 1 unspecified atom stereocenters. The standard InChI is InChI=1S/C35H53N5O3/c1-7-29(10-9-11-30(22-36)33(27(3)4)43-32-14-20-41-21-15-32)34(38-8-2)39-26-35(5)16-12-28(13-17-35)23-40(19-18-37-6)31-24-42-25-31/h7-8,11-13,16,31-32,37,39H,1,9-10,14-15,17-21,23-26H2,2-6H3/b30-11-,34-29+,38-8?. The van der Waals surface area contributed by atoms with Crippen molar-refractivity contribution in [2.24, 2.45) is 10.4 Å². The quantitative estimate of drug-likeness (QED) is 0.0985. The van der Waals surface area contributed by atoms with Crippen LogP contribution in [-0.4, -0.2) is 82.9 Å². The van der Waals surface area contributed by atoms with Crippen molar-refractivity contribution in [3.8, 4) is 6.07 Å². The number of aliphatic imine (C=N–C) groups is 1. The molecule has 2 N–H and O–H groups in total. The molecular weight excluding hydrogens is 538 g/mol. The lowest BCUT2D eigenvalue weighted by Crippen LogP contribution is -2.51. The van der Waals surface area contributed by atoms with Crippen LogP contribution in [0.2, 0.25) is 0 Å². The number of allylic oxidation sites excluding steroid dienone is 6. The summed E-state index contributed by atoms with van der Waals surface area (Å²) in [5, 5.41) is 16.8. The summed E-state index contributed by atoms with van der Waals surface area (Å²) >= 11 is 0. The van der Waals surface area contributed by atoms with Crippen LogP contribution in [0.4, 0.5) is 0 Å².